The molecule has 2 atom stereocenters. The molecule has 6 nitrogen and oxygen atoms in total. The third-order valence-corrected chi connectivity index (χ3v) is 8.37. The summed E-state index contributed by atoms with van der Waals surface area (Å²) in [6.45, 7) is 4.70. The van der Waals surface area contributed by atoms with Crippen LogP contribution in [0.5, 0.6) is 0 Å². The lowest BCUT2D eigenvalue weighted by Crippen LogP contribution is -2.48. The summed E-state index contributed by atoms with van der Waals surface area (Å²) in [6.07, 6.45) is 6.41. The number of ketones is 1. The SMILES string of the molecule is CC(C)C(=O)[C@H](NC(=O)c1cc(C2CCCN(C(=O)CNCc3ccc(F)cc3F)C2)ccc1F)C1CCCCC1.[HH].[HH]. The molecule has 2 fully saturated rings. The maximum atomic E-state index is 14.9. The number of rotatable bonds is 10. The van der Waals surface area contributed by atoms with Gasteiger partial charge in [-0.05, 0) is 55.4 Å². The van der Waals surface area contributed by atoms with Crippen LogP contribution in [0.25, 0.3) is 0 Å². The highest BCUT2D eigenvalue weighted by Crippen LogP contribution is 2.30. The van der Waals surface area contributed by atoms with Crippen LogP contribution in [-0.2, 0) is 16.1 Å². The Balaban J connectivity index is 0.00000323. The second-order valence-corrected chi connectivity index (χ2v) is 11.7. The normalized spacial score (nSPS) is 18.8. The Morgan fingerprint density at radius 3 is 2.41 bits per heavy atom. The number of hydrogen-bond donors (Lipinski definition) is 2. The largest absolute Gasteiger partial charge is 0.342 e. The molecule has 1 saturated heterocycles. The van der Waals surface area contributed by atoms with E-state index < -0.39 is 29.4 Å². The smallest absolute Gasteiger partial charge is 0.254 e. The van der Waals surface area contributed by atoms with Gasteiger partial charge < -0.3 is 15.5 Å². The molecule has 1 heterocycles. The van der Waals surface area contributed by atoms with Gasteiger partial charge in [-0.1, -0.05) is 45.2 Å². The van der Waals surface area contributed by atoms with E-state index >= 15 is 0 Å². The lowest BCUT2D eigenvalue weighted by Gasteiger charge is -2.33. The van der Waals surface area contributed by atoms with Crippen LogP contribution in [0.1, 0.15) is 89.0 Å². The van der Waals surface area contributed by atoms with Crippen molar-refractivity contribution in [3.63, 3.8) is 0 Å². The molecule has 1 saturated carbocycles. The summed E-state index contributed by atoms with van der Waals surface area (Å²) < 4.78 is 41.9. The Bertz CT molecular complexity index is 1260. The molecule has 0 bridgehead atoms. The summed E-state index contributed by atoms with van der Waals surface area (Å²) in [4.78, 5) is 40.9. The molecule has 1 aliphatic carbocycles. The number of nitrogens with zero attached hydrogens (tertiary/aromatic N) is 1. The van der Waals surface area contributed by atoms with Gasteiger partial charge >= 0.3 is 0 Å². The zero-order valence-electron chi connectivity index (χ0n) is 23.9. The molecule has 0 spiro atoms. The van der Waals surface area contributed by atoms with E-state index in [2.05, 4.69) is 10.6 Å². The molecule has 41 heavy (non-hydrogen) atoms. The van der Waals surface area contributed by atoms with Crippen LogP contribution in [0.4, 0.5) is 13.2 Å². The van der Waals surface area contributed by atoms with Gasteiger partial charge in [0, 0.05) is 46.0 Å². The predicted octanol–water partition coefficient (Wildman–Crippen LogP) is 6.00. The van der Waals surface area contributed by atoms with Crippen LogP contribution < -0.4 is 10.6 Å². The molecule has 2 amide bonds. The summed E-state index contributed by atoms with van der Waals surface area (Å²) in [6, 6.07) is 7.18. The van der Waals surface area contributed by atoms with Crippen LogP contribution >= 0.6 is 0 Å². The average Bonchev–Trinajstić information content (AvgIpc) is 2.97. The maximum Gasteiger partial charge on any atom is 0.254 e. The maximum absolute atomic E-state index is 14.9. The number of piperidine rings is 1. The van der Waals surface area contributed by atoms with Gasteiger partial charge in [-0.25, -0.2) is 13.2 Å². The lowest BCUT2D eigenvalue weighted by atomic mass is 9.80. The molecule has 1 aliphatic heterocycles. The molecule has 2 aromatic carbocycles. The Morgan fingerprint density at radius 2 is 1.71 bits per heavy atom. The van der Waals surface area contributed by atoms with Gasteiger partial charge in [0.15, 0.2) is 5.78 Å². The van der Waals surface area contributed by atoms with Gasteiger partial charge in [-0.15, -0.1) is 0 Å². The molecule has 2 N–H and O–H groups in total. The quantitative estimate of drug-likeness (QED) is 0.365. The second kappa shape index (κ2) is 14.1. The highest BCUT2D eigenvalue weighted by Gasteiger charge is 2.33. The Labute approximate surface area is 243 Å². The molecular weight excluding hydrogens is 531 g/mol. The van der Waals surface area contributed by atoms with Crippen molar-refractivity contribution in [1.29, 1.82) is 0 Å². The Hall–Kier alpha value is -3.20. The first-order valence-corrected chi connectivity index (χ1v) is 14.7. The molecule has 9 heteroatoms. The summed E-state index contributed by atoms with van der Waals surface area (Å²) in [5.41, 5.74) is 0.944. The van der Waals surface area contributed by atoms with Gasteiger partial charge in [0.2, 0.25) is 5.91 Å². The van der Waals surface area contributed by atoms with Gasteiger partial charge in [0.1, 0.15) is 17.5 Å². The number of carbonyl (C=O) groups is 3. The third-order valence-electron chi connectivity index (χ3n) is 8.37. The first-order valence-electron chi connectivity index (χ1n) is 14.7. The number of likely N-dealkylation sites (tertiary alicyclic amines) is 1. The number of carbonyl (C=O) groups excluding carboxylic acids is 3. The number of halogens is 3. The van der Waals surface area contributed by atoms with Gasteiger partial charge in [0.25, 0.3) is 5.91 Å². The van der Waals surface area contributed by atoms with E-state index in [9.17, 15) is 27.6 Å². The number of nitrogens with one attached hydrogen (secondary N) is 2. The van der Waals surface area contributed by atoms with E-state index in [0.29, 0.717) is 13.1 Å². The number of hydrogen-bond acceptors (Lipinski definition) is 4. The zero-order valence-corrected chi connectivity index (χ0v) is 23.9. The van der Waals surface area contributed by atoms with Crippen molar-refractivity contribution in [3.05, 3.63) is 70.5 Å². The van der Waals surface area contributed by atoms with Gasteiger partial charge in [-0.3, -0.25) is 14.4 Å². The van der Waals surface area contributed by atoms with Crippen LogP contribution in [0.15, 0.2) is 36.4 Å². The van der Waals surface area contributed by atoms with E-state index in [4.69, 9.17) is 0 Å². The molecule has 1 unspecified atom stereocenters. The van der Waals surface area contributed by atoms with E-state index in [1.54, 1.807) is 17.0 Å². The summed E-state index contributed by atoms with van der Waals surface area (Å²) in [5, 5.41) is 5.80. The third kappa shape index (κ3) is 7.97. The second-order valence-electron chi connectivity index (χ2n) is 11.7. The van der Waals surface area contributed by atoms with Crippen LogP contribution in [0.3, 0.4) is 0 Å². The van der Waals surface area contributed by atoms with Crippen molar-refractivity contribution >= 4 is 17.6 Å². The molecule has 0 radical (unpaired) electrons. The van der Waals surface area contributed by atoms with Crippen LogP contribution in [0, 0.1) is 29.3 Å². The molecular formula is C32H44F3N3O3. The molecule has 0 aromatic heterocycles. The standard InChI is InChI=1S/C32H40F3N3O3.2H2/c1-20(2)31(40)30(21-7-4-3-5-8-21)37-32(41)26-15-22(11-13-27(26)34)24-9-6-14-38(19-24)29(39)18-36-17-23-10-12-25(33)16-28(23)35;;/h10-13,15-16,20-21,24,30,36H,3-9,14,17-19H2,1-2H3,(H,37,41);2*1H/t24?,30-;;/m1../s1. The molecule has 2 aromatic rings. The number of amides is 2. The zero-order chi connectivity index (χ0) is 29.5. The van der Waals surface area contributed by atoms with Crippen molar-refractivity contribution < 1.29 is 30.4 Å². The van der Waals surface area contributed by atoms with Gasteiger partial charge in [-0.2, -0.15) is 0 Å². The minimum atomic E-state index is -0.669. The monoisotopic (exact) mass is 575 g/mol. The average molecular weight is 576 g/mol. The minimum Gasteiger partial charge on any atom is -0.342 e. The summed E-state index contributed by atoms with van der Waals surface area (Å²) in [5.74, 6) is -3.01. The first-order chi connectivity index (χ1) is 19.6. The minimum absolute atomic E-state index is 0. The first kappa shape index (κ1) is 30.8. The molecule has 4 rings (SSSR count). The Kier molecular flexibility index (Phi) is 10.6. The van der Waals surface area contributed by atoms with Crippen molar-refractivity contribution in [2.75, 3.05) is 19.6 Å². The van der Waals surface area contributed by atoms with Crippen molar-refractivity contribution in [2.45, 2.75) is 77.3 Å². The van der Waals surface area contributed by atoms with Crippen molar-refractivity contribution in [1.82, 2.24) is 15.5 Å². The van der Waals surface area contributed by atoms with E-state index in [1.165, 1.54) is 18.2 Å². The highest BCUT2D eigenvalue weighted by atomic mass is 19.1. The summed E-state index contributed by atoms with van der Waals surface area (Å²) >= 11 is 0. The molecule has 2 aliphatic rings. The van der Waals surface area contributed by atoms with Crippen LogP contribution in [-0.4, -0.2) is 48.2 Å². The highest BCUT2D eigenvalue weighted by molar-refractivity contribution is 5.98. The van der Waals surface area contributed by atoms with Gasteiger partial charge in [0.05, 0.1) is 18.2 Å². The fourth-order valence-electron chi connectivity index (χ4n) is 5.99. The Morgan fingerprint density at radius 1 is 0.951 bits per heavy atom. The predicted molar refractivity (Wildman–Crippen MR) is 155 cm³/mol. The lowest BCUT2D eigenvalue weighted by molar-refractivity contribution is -0.131. The van der Waals surface area contributed by atoms with E-state index in [-0.39, 0.29) is 56.5 Å². The number of benzene rings is 2. The fraction of sp³-hybridized carbons (Fsp3) is 0.531. The topological polar surface area (TPSA) is 78.5 Å². The van der Waals surface area contributed by atoms with E-state index in [0.717, 1.165) is 56.6 Å². The van der Waals surface area contributed by atoms with Crippen molar-refractivity contribution in [2.24, 2.45) is 11.8 Å². The van der Waals surface area contributed by atoms with Crippen molar-refractivity contribution in [3.8, 4) is 0 Å². The number of Topliss-reactive ketones (excluding diaryl/α,β-unsaturated/α-hetero) is 1. The summed E-state index contributed by atoms with van der Waals surface area (Å²) in [7, 11) is 0. The van der Waals surface area contributed by atoms with E-state index in [1.807, 2.05) is 13.8 Å². The fourth-order valence-corrected chi connectivity index (χ4v) is 5.99. The van der Waals surface area contributed by atoms with Crippen LogP contribution in [0.2, 0.25) is 0 Å². The molecule has 226 valence electrons.